The first kappa shape index (κ1) is 39.3. The van der Waals surface area contributed by atoms with Gasteiger partial charge in [0.2, 0.25) is 17.6 Å². The van der Waals surface area contributed by atoms with Crippen molar-refractivity contribution in [3.63, 3.8) is 0 Å². The van der Waals surface area contributed by atoms with E-state index in [9.17, 15) is 24.0 Å². The molecule has 0 bridgehead atoms. The Morgan fingerprint density at radius 2 is 1.57 bits per heavy atom. The Kier molecular flexibility index (Phi) is 15.6. The predicted molar refractivity (Wildman–Crippen MR) is 159 cm³/mol. The summed E-state index contributed by atoms with van der Waals surface area (Å²) in [6, 6.07) is -2.37. The summed E-state index contributed by atoms with van der Waals surface area (Å²) < 4.78 is 36.7. The van der Waals surface area contributed by atoms with E-state index in [-0.39, 0.29) is 31.9 Å². The molecule has 0 unspecified atom stereocenters. The van der Waals surface area contributed by atoms with E-state index in [1.807, 2.05) is 0 Å². The molecule has 4 atom stereocenters. The van der Waals surface area contributed by atoms with Gasteiger partial charge in [0.15, 0.2) is 0 Å². The Morgan fingerprint density at radius 1 is 0.978 bits per heavy atom. The number of methoxy groups -OCH3 is 2. The van der Waals surface area contributed by atoms with Crippen molar-refractivity contribution in [3.8, 4) is 0 Å². The van der Waals surface area contributed by atoms with E-state index in [2.05, 4.69) is 35.7 Å². The average Bonchev–Trinajstić information content (AvgIpc) is 2.92. The predicted octanol–water partition coefficient (Wildman–Crippen LogP) is 2.59. The van der Waals surface area contributed by atoms with E-state index in [1.54, 1.807) is 41.5 Å². The number of hydrogen-bond donors (Lipinski definition) is 3. The van der Waals surface area contributed by atoms with Crippen molar-refractivity contribution < 1.29 is 57.1 Å². The molecule has 0 saturated carbocycles. The number of alkyl carbamates (subject to hydrolysis) is 2. The van der Waals surface area contributed by atoms with Gasteiger partial charge < -0.3 is 38.5 Å². The van der Waals surface area contributed by atoms with E-state index in [0.29, 0.717) is 0 Å². The minimum absolute atomic E-state index is 0.0593. The molecule has 19 nitrogen and oxygen atoms in total. The van der Waals surface area contributed by atoms with Crippen LogP contribution in [-0.4, -0.2) is 106 Å². The minimum Gasteiger partial charge on any atom is -0.478 e. The summed E-state index contributed by atoms with van der Waals surface area (Å²) in [6.45, 7) is 10.5. The smallest absolute Gasteiger partial charge is 0.478 e. The van der Waals surface area contributed by atoms with Gasteiger partial charge in [-0.25, -0.2) is 24.2 Å². The van der Waals surface area contributed by atoms with Crippen molar-refractivity contribution in [1.29, 1.82) is 0 Å². The lowest BCUT2D eigenvalue weighted by Crippen LogP contribution is -2.58. The average molecular weight is 658 g/mol. The molecule has 0 aliphatic carbocycles. The number of rotatable bonds is 11. The van der Waals surface area contributed by atoms with Crippen LogP contribution in [-0.2, 0) is 42.7 Å². The zero-order valence-electron chi connectivity index (χ0n) is 27.4. The lowest BCUT2D eigenvalue weighted by Gasteiger charge is -2.39. The SMILES string of the molecule is COC(=O)OCC[C@@H](OCCN=[N+]=[N-])[C@@H]1OC(C(=O)OC)=C[C@H](N=C(NC(=O)OC(C)(C)C)NC(=O)OC(C)(C)C)[C@H]1NC(C)=O. The molecule has 1 heterocycles. The topological polar surface area (TPSA) is 247 Å². The lowest BCUT2D eigenvalue weighted by molar-refractivity contribution is -0.146. The molecular weight excluding hydrogens is 614 g/mol. The van der Waals surface area contributed by atoms with Gasteiger partial charge in [-0.1, -0.05) is 5.11 Å². The van der Waals surface area contributed by atoms with E-state index < -0.39 is 71.7 Å². The largest absolute Gasteiger partial charge is 0.507 e. The number of esters is 1. The van der Waals surface area contributed by atoms with Crippen LogP contribution in [0.1, 0.15) is 54.9 Å². The van der Waals surface area contributed by atoms with Crippen LogP contribution >= 0.6 is 0 Å². The number of guanidine groups is 1. The highest BCUT2D eigenvalue weighted by Gasteiger charge is 2.43. The van der Waals surface area contributed by atoms with Crippen LogP contribution in [0.2, 0.25) is 0 Å². The molecule has 3 N–H and O–H groups in total. The quantitative estimate of drug-likeness (QED) is 0.0424. The van der Waals surface area contributed by atoms with Crippen molar-refractivity contribution in [2.24, 2.45) is 10.1 Å². The number of amides is 3. The summed E-state index contributed by atoms with van der Waals surface area (Å²) in [4.78, 5) is 69.2. The van der Waals surface area contributed by atoms with E-state index >= 15 is 0 Å². The van der Waals surface area contributed by atoms with Gasteiger partial charge in [0.05, 0.1) is 45.6 Å². The standard InChI is InChI=1S/C27H43N7O12/c1-15(35)30-19-16(31-22(32-23(37)45-26(2,3)4)33-24(38)46-27(5,6)7)14-18(21(36)40-8)44-20(19)17(42-13-11-29-34-28)10-12-43-25(39)41-9/h14,16-17,19-20H,10-13H2,1-9H3,(H,30,35)(H2,31,32,33,37,38)/t16-,17+,19+,20-/m0/s1. The maximum Gasteiger partial charge on any atom is 0.507 e. The fraction of sp³-hybridized carbons (Fsp3) is 0.704. The summed E-state index contributed by atoms with van der Waals surface area (Å²) in [7, 11) is 2.23. The van der Waals surface area contributed by atoms with Crippen LogP contribution in [0.25, 0.3) is 10.4 Å². The van der Waals surface area contributed by atoms with Gasteiger partial charge in [0.25, 0.3) is 0 Å². The monoisotopic (exact) mass is 657 g/mol. The summed E-state index contributed by atoms with van der Waals surface area (Å²) in [6.07, 6.45) is -4.07. The van der Waals surface area contributed by atoms with Gasteiger partial charge in [-0.3, -0.25) is 15.4 Å². The molecule has 19 heteroatoms. The molecule has 258 valence electrons. The molecule has 1 aliphatic heterocycles. The molecule has 1 aliphatic rings. The number of azide groups is 1. The van der Waals surface area contributed by atoms with Crippen molar-refractivity contribution in [2.45, 2.75) is 90.4 Å². The maximum atomic E-state index is 12.7. The van der Waals surface area contributed by atoms with Crippen molar-refractivity contribution in [3.05, 3.63) is 22.3 Å². The van der Waals surface area contributed by atoms with Crippen molar-refractivity contribution in [2.75, 3.05) is 34.0 Å². The molecule has 1 rings (SSSR count). The van der Waals surface area contributed by atoms with Gasteiger partial charge in [-0.05, 0) is 53.1 Å². The van der Waals surface area contributed by atoms with Crippen LogP contribution in [0.3, 0.4) is 0 Å². The van der Waals surface area contributed by atoms with E-state index in [1.165, 1.54) is 13.0 Å². The molecule has 0 aromatic carbocycles. The second-order valence-corrected chi connectivity index (χ2v) is 11.5. The number of aliphatic imine (C=N–C) groups is 1. The molecule has 0 aromatic heterocycles. The zero-order valence-corrected chi connectivity index (χ0v) is 27.4. The van der Waals surface area contributed by atoms with E-state index in [0.717, 1.165) is 14.2 Å². The van der Waals surface area contributed by atoms with Gasteiger partial charge in [0.1, 0.15) is 17.3 Å². The third-order valence-electron chi connectivity index (χ3n) is 5.32. The highest BCUT2D eigenvalue weighted by Crippen LogP contribution is 2.27. The van der Waals surface area contributed by atoms with Gasteiger partial charge in [-0.2, -0.15) is 0 Å². The van der Waals surface area contributed by atoms with Gasteiger partial charge in [0, 0.05) is 24.8 Å². The van der Waals surface area contributed by atoms with Crippen molar-refractivity contribution in [1.82, 2.24) is 16.0 Å². The Morgan fingerprint density at radius 3 is 2.04 bits per heavy atom. The maximum absolute atomic E-state index is 12.7. The molecule has 46 heavy (non-hydrogen) atoms. The Hall–Kier alpha value is -4.77. The molecule has 0 radical (unpaired) electrons. The molecule has 0 fully saturated rings. The van der Waals surface area contributed by atoms with Crippen LogP contribution in [0.4, 0.5) is 14.4 Å². The second kappa shape index (κ2) is 18.3. The van der Waals surface area contributed by atoms with Crippen LogP contribution in [0, 0.1) is 0 Å². The summed E-state index contributed by atoms with van der Waals surface area (Å²) >= 11 is 0. The highest BCUT2D eigenvalue weighted by molar-refractivity contribution is 6.01. The van der Waals surface area contributed by atoms with Crippen molar-refractivity contribution >= 4 is 36.2 Å². The molecule has 0 aromatic rings. The van der Waals surface area contributed by atoms with E-state index in [4.69, 9.17) is 34.0 Å². The van der Waals surface area contributed by atoms with Crippen LogP contribution in [0.5, 0.6) is 0 Å². The fourth-order valence-electron chi connectivity index (χ4n) is 3.75. The third-order valence-corrected chi connectivity index (χ3v) is 5.32. The zero-order chi connectivity index (χ0) is 35.1. The Labute approximate surface area is 266 Å². The number of nitrogens with zero attached hydrogens (tertiary/aromatic N) is 4. The molecular formula is C27H43N7O12. The second-order valence-electron chi connectivity index (χ2n) is 11.5. The number of carbonyl (C=O) groups excluding carboxylic acids is 5. The van der Waals surface area contributed by atoms with Gasteiger partial charge in [-0.15, -0.1) is 0 Å². The molecule has 0 spiro atoms. The molecule has 0 saturated heterocycles. The number of ether oxygens (including phenoxy) is 7. The number of nitrogens with one attached hydrogen (secondary N) is 3. The first-order chi connectivity index (χ1) is 21.4. The number of hydrogen-bond acceptors (Lipinski definition) is 14. The normalized spacial score (nSPS) is 18.1. The fourth-order valence-corrected chi connectivity index (χ4v) is 3.75. The molecule has 3 amide bonds. The summed E-state index contributed by atoms with van der Waals surface area (Å²) in [5.41, 5.74) is 6.80. The highest BCUT2D eigenvalue weighted by atomic mass is 16.7. The van der Waals surface area contributed by atoms with Crippen LogP contribution in [0.15, 0.2) is 21.9 Å². The Balaban J connectivity index is 3.72. The lowest BCUT2D eigenvalue weighted by atomic mass is 9.93. The minimum atomic E-state index is -1.23. The first-order valence-electron chi connectivity index (χ1n) is 14.0. The summed E-state index contributed by atoms with van der Waals surface area (Å²) in [5, 5.41) is 10.8. The summed E-state index contributed by atoms with van der Waals surface area (Å²) in [5.74, 6) is -2.28. The first-order valence-corrected chi connectivity index (χ1v) is 14.0. The van der Waals surface area contributed by atoms with Gasteiger partial charge >= 0.3 is 24.3 Å². The number of carbonyl (C=O) groups is 5. The third kappa shape index (κ3) is 15.3. The van der Waals surface area contributed by atoms with Crippen LogP contribution < -0.4 is 16.0 Å². The Bertz CT molecular complexity index is 1170.